The van der Waals surface area contributed by atoms with E-state index in [4.69, 9.17) is 4.74 Å². The number of carbonyl (C=O) groups excluding carboxylic acids is 2. The zero-order chi connectivity index (χ0) is 25.9. The van der Waals surface area contributed by atoms with Crippen LogP contribution in [-0.4, -0.2) is 62.8 Å². The number of carbonyl (C=O) groups is 2. The Bertz CT molecular complexity index is 1220. The fourth-order valence-electron chi connectivity index (χ4n) is 4.06. The maximum atomic E-state index is 13.0. The van der Waals surface area contributed by atoms with Crippen molar-refractivity contribution >= 4 is 17.6 Å². The van der Waals surface area contributed by atoms with Crippen LogP contribution in [-0.2, 0) is 4.79 Å². The molecule has 1 aliphatic heterocycles. The lowest BCUT2D eigenvalue weighted by atomic mass is 9.96. The Morgan fingerprint density at radius 2 is 1.81 bits per heavy atom. The summed E-state index contributed by atoms with van der Waals surface area (Å²) in [6.45, 7) is 7.12. The van der Waals surface area contributed by atoms with Crippen LogP contribution in [0, 0.1) is 11.0 Å². The summed E-state index contributed by atoms with van der Waals surface area (Å²) < 4.78 is 19.2. The molecule has 0 radical (unpaired) electrons. The summed E-state index contributed by atoms with van der Waals surface area (Å²) in [5.74, 6) is 0.111. The van der Waals surface area contributed by atoms with Gasteiger partial charge in [0, 0.05) is 31.8 Å². The van der Waals surface area contributed by atoms with E-state index in [9.17, 15) is 19.2 Å². The van der Waals surface area contributed by atoms with Gasteiger partial charge in [-0.25, -0.2) is 14.4 Å². The zero-order valence-electron chi connectivity index (χ0n) is 20.2. The van der Waals surface area contributed by atoms with Gasteiger partial charge in [0.15, 0.2) is 18.2 Å². The molecular weight excluding hydrogens is 467 g/mol. The van der Waals surface area contributed by atoms with Gasteiger partial charge in [-0.05, 0) is 45.0 Å². The molecule has 1 N–H and O–H groups in total. The van der Waals surface area contributed by atoms with Crippen LogP contribution in [0.5, 0.6) is 11.6 Å². The van der Waals surface area contributed by atoms with Gasteiger partial charge in [0.1, 0.15) is 11.6 Å². The van der Waals surface area contributed by atoms with E-state index in [1.165, 1.54) is 61.2 Å². The van der Waals surface area contributed by atoms with Gasteiger partial charge in [-0.2, -0.15) is 4.73 Å². The van der Waals surface area contributed by atoms with E-state index in [1.807, 2.05) is 18.7 Å². The SMILES string of the molecule is C[C@@H](C(=O)Nc1cnc(Oc2ccc(F)cc2)cn1)N1CCN(C(=O)c2cc[n+]([O-])cc2)C(C)(C)C1. The van der Waals surface area contributed by atoms with Gasteiger partial charge < -0.3 is 20.2 Å². The van der Waals surface area contributed by atoms with Crippen molar-refractivity contribution in [3.63, 3.8) is 0 Å². The van der Waals surface area contributed by atoms with Crippen LogP contribution in [0.1, 0.15) is 31.1 Å². The third kappa shape index (κ3) is 5.74. The van der Waals surface area contributed by atoms with E-state index in [2.05, 4.69) is 15.3 Å². The highest BCUT2D eigenvalue weighted by atomic mass is 19.1. The van der Waals surface area contributed by atoms with Crippen LogP contribution < -0.4 is 14.8 Å². The molecule has 1 atom stereocenters. The van der Waals surface area contributed by atoms with Gasteiger partial charge in [0.2, 0.25) is 11.8 Å². The molecule has 3 aromatic rings. The molecule has 4 rings (SSSR count). The number of nitrogens with one attached hydrogen (secondary N) is 1. The Morgan fingerprint density at radius 3 is 2.42 bits per heavy atom. The summed E-state index contributed by atoms with van der Waals surface area (Å²) in [7, 11) is 0. The van der Waals surface area contributed by atoms with E-state index in [1.54, 1.807) is 11.8 Å². The molecule has 2 aromatic heterocycles. The first kappa shape index (κ1) is 25.0. The van der Waals surface area contributed by atoms with Crippen molar-refractivity contribution in [2.45, 2.75) is 32.4 Å². The Hall–Kier alpha value is -4.12. The highest BCUT2D eigenvalue weighted by molar-refractivity contribution is 5.95. The van der Waals surface area contributed by atoms with Crippen molar-refractivity contribution in [1.82, 2.24) is 19.8 Å². The molecule has 0 spiro atoms. The fourth-order valence-corrected chi connectivity index (χ4v) is 4.06. The third-order valence-corrected chi connectivity index (χ3v) is 6.07. The number of piperazine rings is 1. The average Bonchev–Trinajstić information content (AvgIpc) is 2.85. The Balaban J connectivity index is 1.34. The third-order valence-electron chi connectivity index (χ3n) is 6.07. The molecule has 1 aromatic carbocycles. The Kier molecular flexibility index (Phi) is 7.11. The van der Waals surface area contributed by atoms with Crippen LogP contribution in [0.4, 0.5) is 10.2 Å². The van der Waals surface area contributed by atoms with E-state index >= 15 is 0 Å². The number of hydrogen-bond acceptors (Lipinski definition) is 7. The fraction of sp³-hybridized carbons (Fsp3) is 0.320. The van der Waals surface area contributed by atoms with Crippen LogP contribution in [0.25, 0.3) is 0 Å². The molecule has 188 valence electrons. The predicted octanol–water partition coefficient (Wildman–Crippen LogP) is 2.61. The van der Waals surface area contributed by atoms with Crippen molar-refractivity contribution in [1.29, 1.82) is 0 Å². The number of anilines is 1. The van der Waals surface area contributed by atoms with Gasteiger partial charge in [-0.1, -0.05) is 0 Å². The molecule has 1 aliphatic rings. The van der Waals surface area contributed by atoms with Crippen LogP contribution in [0.15, 0.2) is 61.2 Å². The topological polar surface area (TPSA) is 115 Å². The highest BCUT2D eigenvalue weighted by Crippen LogP contribution is 2.25. The molecule has 3 heterocycles. The van der Waals surface area contributed by atoms with E-state index in [0.717, 1.165) is 0 Å². The minimum atomic E-state index is -0.535. The van der Waals surface area contributed by atoms with Gasteiger partial charge in [0.05, 0.1) is 29.5 Å². The number of rotatable bonds is 6. The second kappa shape index (κ2) is 10.2. The Morgan fingerprint density at radius 1 is 1.11 bits per heavy atom. The molecule has 0 unspecified atom stereocenters. The molecule has 10 nitrogen and oxygen atoms in total. The number of benzene rings is 1. The van der Waals surface area contributed by atoms with Gasteiger partial charge in [-0.3, -0.25) is 14.5 Å². The highest BCUT2D eigenvalue weighted by Gasteiger charge is 2.39. The second-order valence-corrected chi connectivity index (χ2v) is 9.15. The molecule has 36 heavy (non-hydrogen) atoms. The van der Waals surface area contributed by atoms with Gasteiger partial charge in [-0.15, -0.1) is 0 Å². The first-order valence-corrected chi connectivity index (χ1v) is 11.4. The molecule has 0 saturated carbocycles. The standard InChI is InChI=1S/C25H27FN6O4/c1-17(23(33)29-21-14-28-22(15-27-21)36-20-6-4-19(26)5-7-20)30-12-13-32(25(2,3)16-30)24(34)18-8-10-31(35)11-9-18/h4-11,14-15,17H,12-13,16H2,1-3H3,(H,27,29,33)/t17-/m0/s1. The van der Waals surface area contributed by atoms with Crippen LogP contribution in [0.3, 0.4) is 0 Å². The minimum absolute atomic E-state index is 0.157. The predicted molar refractivity (Wildman–Crippen MR) is 129 cm³/mol. The first-order chi connectivity index (χ1) is 17.1. The lowest BCUT2D eigenvalue weighted by molar-refractivity contribution is -0.605. The van der Waals surface area contributed by atoms with Crippen molar-refractivity contribution in [3.8, 4) is 11.6 Å². The molecule has 1 fully saturated rings. The average molecular weight is 495 g/mol. The van der Waals surface area contributed by atoms with Crippen molar-refractivity contribution in [2.24, 2.45) is 0 Å². The summed E-state index contributed by atoms with van der Waals surface area (Å²) in [4.78, 5) is 38.0. The lowest BCUT2D eigenvalue weighted by Gasteiger charge is -2.48. The number of nitrogens with zero attached hydrogens (tertiary/aromatic N) is 5. The maximum absolute atomic E-state index is 13.0. The summed E-state index contributed by atoms with van der Waals surface area (Å²) >= 11 is 0. The largest absolute Gasteiger partial charge is 0.619 e. The first-order valence-electron chi connectivity index (χ1n) is 11.4. The smallest absolute Gasteiger partial charge is 0.254 e. The number of hydrogen-bond donors (Lipinski definition) is 1. The van der Waals surface area contributed by atoms with E-state index in [-0.39, 0.29) is 29.3 Å². The maximum Gasteiger partial charge on any atom is 0.254 e. The molecule has 0 aliphatic carbocycles. The summed E-state index contributed by atoms with van der Waals surface area (Å²) in [6.07, 6.45) is 5.35. The normalized spacial score (nSPS) is 16.3. The van der Waals surface area contributed by atoms with E-state index in [0.29, 0.717) is 35.7 Å². The van der Waals surface area contributed by atoms with E-state index < -0.39 is 11.6 Å². The summed E-state index contributed by atoms with van der Waals surface area (Å²) in [6, 6.07) is 8.04. The Labute approximate surface area is 207 Å². The molecule has 2 amide bonds. The monoisotopic (exact) mass is 494 g/mol. The van der Waals surface area contributed by atoms with Crippen molar-refractivity contribution in [3.05, 3.63) is 77.8 Å². The number of aromatic nitrogens is 3. The number of pyridine rings is 1. The number of amides is 2. The second-order valence-electron chi connectivity index (χ2n) is 9.15. The quantitative estimate of drug-likeness (QED) is 0.414. The number of halogens is 1. The molecule has 1 saturated heterocycles. The van der Waals surface area contributed by atoms with Crippen molar-refractivity contribution in [2.75, 3.05) is 25.0 Å². The van der Waals surface area contributed by atoms with Gasteiger partial charge in [0.25, 0.3) is 5.91 Å². The lowest BCUT2D eigenvalue weighted by Crippen LogP contribution is -2.63. The molecule has 11 heteroatoms. The zero-order valence-corrected chi connectivity index (χ0v) is 20.2. The molecular formula is C25H27FN6O4. The van der Waals surface area contributed by atoms with Gasteiger partial charge >= 0.3 is 0 Å². The molecule has 0 bridgehead atoms. The van der Waals surface area contributed by atoms with Crippen LogP contribution in [0.2, 0.25) is 0 Å². The van der Waals surface area contributed by atoms with Crippen LogP contribution >= 0.6 is 0 Å². The summed E-state index contributed by atoms with van der Waals surface area (Å²) in [5, 5.41) is 14.0. The summed E-state index contributed by atoms with van der Waals surface area (Å²) in [5.41, 5.74) is -0.0911. The number of ether oxygens (including phenoxy) is 1. The minimum Gasteiger partial charge on any atom is -0.619 e. The van der Waals surface area contributed by atoms with Crippen molar-refractivity contribution < 1.29 is 23.4 Å².